The van der Waals surface area contributed by atoms with Gasteiger partial charge in [0, 0.05) is 19.0 Å². The minimum absolute atomic E-state index is 0.167. The van der Waals surface area contributed by atoms with E-state index in [2.05, 4.69) is 31.4 Å². The van der Waals surface area contributed by atoms with Crippen LogP contribution in [-0.4, -0.2) is 25.0 Å². The Morgan fingerprint density at radius 2 is 1.73 bits per heavy atom. The minimum atomic E-state index is 0.167. The van der Waals surface area contributed by atoms with Crippen LogP contribution in [0.15, 0.2) is 0 Å². The van der Waals surface area contributed by atoms with E-state index in [0.29, 0.717) is 6.42 Å². The first-order valence-electron chi connectivity index (χ1n) is 6.20. The van der Waals surface area contributed by atoms with E-state index in [1.807, 2.05) is 0 Å². The number of unbranched alkanes of at least 4 members (excludes halogenated alkanes) is 2. The Balaban J connectivity index is 3.40. The van der Waals surface area contributed by atoms with Crippen LogP contribution >= 0.6 is 0 Å². The number of carbonyl (C=O) groups excluding carboxylic acids is 1. The van der Waals surface area contributed by atoms with E-state index < -0.39 is 0 Å². The lowest BCUT2D eigenvalue weighted by Gasteiger charge is -2.13. The van der Waals surface area contributed by atoms with Crippen LogP contribution in [0.25, 0.3) is 0 Å². The number of amides is 1. The third kappa shape index (κ3) is 9.73. The van der Waals surface area contributed by atoms with Crippen molar-refractivity contribution in [3.63, 3.8) is 0 Å². The second-order valence-corrected chi connectivity index (χ2v) is 4.12. The molecule has 0 aromatic carbocycles. The molecule has 1 atom stereocenters. The molecule has 3 nitrogen and oxygen atoms in total. The first-order valence-corrected chi connectivity index (χ1v) is 6.20. The maximum atomic E-state index is 11.4. The summed E-state index contributed by atoms with van der Waals surface area (Å²) in [4.78, 5) is 11.4. The summed E-state index contributed by atoms with van der Waals surface area (Å²) in [5.41, 5.74) is 0. The highest BCUT2D eigenvalue weighted by molar-refractivity contribution is 5.76. The van der Waals surface area contributed by atoms with E-state index in [-0.39, 0.29) is 11.9 Å². The van der Waals surface area contributed by atoms with Crippen molar-refractivity contribution in [2.24, 2.45) is 0 Å². The summed E-state index contributed by atoms with van der Waals surface area (Å²) in [6.07, 6.45) is 5.17. The normalized spacial score (nSPS) is 12.5. The topological polar surface area (TPSA) is 41.1 Å². The molecule has 0 saturated carbocycles. The maximum absolute atomic E-state index is 11.4. The molecule has 0 heterocycles. The predicted molar refractivity (Wildman–Crippen MR) is 64.9 cm³/mol. The molecule has 0 aliphatic heterocycles. The van der Waals surface area contributed by atoms with Crippen LogP contribution in [0.1, 0.15) is 52.9 Å². The van der Waals surface area contributed by atoms with E-state index in [9.17, 15) is 4.79 Å². The lowest BCUT2D eigenvalue weighted by Crippen LogP contribution is -2.34. The molecule has 3 heteroatoms. The fourth-order valence-corrected chi connectivity index (χ4v) is 1.35. The minimum Gasteiger partial charge on any atom is -0.356 e. The van der Waals surface area contributed by atoms with Gasteiger partial charge in [-0.15, -0.1) is 0 Å². The molecule has 0 rings (SSSR count). The molecule has 0 aliphatic rings. The summed E-state index contributed by atoms with van der Waals surface area (Å²) in [6, 6.07) is 0.290. The quantitative estimate of drug-likeness (QED) is 0.577. The highest BCUT2D eigenvalue weighted by atomic mass is 16.1. The van der Waals surface area contributed by atoms with Crippen LogP contribution in [0.2, 0.25) is 0 Å². The molecule has 1 amide bonds. The summed E-state index contributed by atoms with van der Waals surface area (Å²) in [5, 5.41) is 6.27. The van der Waals surface area contributed by atoms with Gasteiger partial charge in [0.25, 0.3) is 0 Å². The van der Waals surface area contributed by atoms with Gasteiger partial charge in [-0.1, -0.05) is 26.7 Å². The van der Waals surface area contributed by atoms with E-state index >= 15 is 0 Å². The molecular formula is C12H26N2O. The summed E-state index contributed by atoms with van der Waals surface area (Å²) in [7, 11) is 0. The second kappa shape index (κ2) is 9.97. The van der Waals surface area contributed by atoms with E-state index in [4.69, 9.17) is 0 Å². The van der Waals surface area contributed by atoms with Crippen molar-refractivity contribution in [3.8, 4) is 0 Å². The van der Waals surface area contributed by atoms with Crippen LogP contribution in [0.4, 0.5) is 0 Å². The zero-order chi connectivity index (χ0) is 11.5. The molecule has 0 fully saturated rings. The van der Waals surface area contributed by atoms with Crippen LogP contribution < -0.4 is 10.6 Å². The van der Waals surface area contributed by atoms with Crippen LogP contribution in [0.5, 0.6) is 0 Å². The Bertz CT molecular complexity index is 160. The van der Waals surface area contributed by atoms with E-state index in [1.165, 1.54) is 12.8 Å². The van der Waals surface area contributed by atoms with Gasteiger partial charge in [0.15, 0.2) is 0 Å². The smallest absolute Gasteiger partial charge is 0.221 e. The standard InChI is InChI=1S/C12H26N2O/c1-4-6-8-13-11(3)10-12(15)14-9-7-5-2/h11,13H,4-10H2,1-3H3,(H,14,15). The van der Waals surface area contributed by atoms with Gasteiger partial charge in [0.2, 0.25) is 5.91 Å². The number of nitrogens with one attached hydrogen (secondary N) is 2. The molecule has 15 heavy (non-hydrogen) atoms. The first-order chi connectivity index (χ1) is 7.20. The molecule has 0 saturated heterocycles. The summed E-state index contributed by atoms with van der Waals surface area (Å²) in [6.45, 7) is 8.19. The third-order valence-electron chi connectivity index (χ3n) is 2.37. The van der Waals surface area contributed by atoms with Crippen LogP contribution in [0, 0.1) is 0 Å². The van der Waals surface area contributed by atoms with Gasteiger partial charge in [-0.2, -0.15) is 0 Å². The summed E-state index contributed by atoms with van der Waals surface area (Å²) >= 11 is 0. The van der Waals surface area contributed by atoms with Gasteiger partial charge in [-0.25, -0.2) is 0 Å². The van der Waals surface area contributed by atoms with Crippen molar-refractivity contribution in [3.05, 3.63) is 0 Å². The van der Waals surface area contributed by atoms with E-state index in [1.54, 1.807) is 0 Å². The van der Waals surface area contributed by atoms with Gasteiger partial charge >= 0.3 is 0 Å². The van der Waals surface area contributed by atoms with E-state index in [0.717, 1.165) is 25.9 Å². The molecule has 0 spiro atoms. The molecule has 0 bridgehead atoms. The summed E-state index contributed by atoms with van der Waals surface area (Å²) < 4.78 is 0. The zero-order valence-corrected chi connectivity index (χ0v) is 10.4. The maximum Gasteiger partial charge on any atom is 0.221 e. The largest absolute Gasteiger partial charge is 0.356 e. The number of hydrogen-bond donors (Lipinski definition) is 2. The first kappa shape index (κ1) is 14.4. The molecule has 1 unspecified atom stereocenters. The Hall–Kier alpha value is -0.570. The van der Waals surface area contributed by atoms with Crippen molar-refractivity contribution in [2.45, 2.75) is 58.9 Å². The van der Waals surface area contributed by atoms with Crippen molar-refractivity contribution in [1.29, 1.82) is 0 Å². The van der Waals surface area contributed by atoms with Crippen molar-refractivity contribution >= 4 is 5.91 Å². The highest BCUT2D eigenvalue weighted by Gasteiger charge is 2.06. The fourth-order valence-electron chi connectivity index (χ4n) is 1.35. The van der Waals surface area contributed by atoms with Gasteiger partial charge in [-0.05, 0) is 26.3 Å². The van der Waals surface area contributed by atoms with Crippen molar-refractivity contribution < 1.29 is 4.79 Å². The lowest BCUT2D eigenvalue weighted by atomic mass is 10.2. The lowest BCUT2D eigenvalue weighted by molar-refractivity contribution is -0.121. The van der Waals surface area contributed by atoms with Crippen molar-refractivity contribution in [1.82, 2.24) is 10.6 Å². The molecule has 0 aromatic heterocycles. The molecule has 90 valence electrons. The van der Waals surface area contributed by atoms with Gasteiger partial charge < -0.3 is 10.6 Å². The SMILES string of the molecule is CCCCNC(=O)CC(C)NCCCC. The Morgan fingerprint density at radius 3 is 2.33 bits per heavy atom. The molecule has 0 radical (unpaired) electrons. The second-order valence-electron chi connectivity index (χ2n) is 4.12. The van der Waals surface area contributed by atoms with Gasteiger partial charge in [0.1, 0.15) is 0 Å². The predicted octanol–water partition coefficient (Wildman–Crippen LogP) is 2.07. The van der Waals surface area contributed by atoms with Crippen LogP contribution in [0.3, 0.4) is 0 Å². The third-order valence-corrected chi connectivity index (χ3v) is 2.37. The number of hydrogen-bond acceptors (Lipinski definition) is 2. The Kier molecular flexibility index (Phi) is 9.59. The van der Waals surface area contributed by atoms with Crippen LogP contribution in [-0.2, 0) is 4.79 Å². The van der Waals surface area contributed by atoms with Gasteiger partial charge in [0.05, 0.1) is 0 Å². The zero-order valence-electron chi connectivity index (χ0n) is 10.4. The van der Waals surface area contributed by atoms with Gasteiger partial charge in [-0.3, -0.25) is 4.79 Å². The fraction of sp³-hybridized carbons (Fsp3) is 0.917. The molecule has 0 aromatic rings. The molecule has 2 N–H and O–H groups in total. The average Bonchev–Trinajstić information content (AvgIpc) is 2.18. The average molecular weight is 214 g/mol. The molecular weight excluding hydrogens is 188 g/mol. The number of carbonyl (C=O) groups is 1. The summed E-state index contributed by atoms with van der Waals surface area (Å²) in [5.74, 6) is 0.167. The monoisotopic (exact) mass is 214 g/mol. The number of rotatable bonds is 9. The van der Waals surface area contributed by atoms with Crippen molar-refractivity contribution in [2.75, 3.05) is 13.1 Å². The highest BCUT2D eigenvalue weighted by Crippen LogP contribution is 1.93. The Morgan fingerprint density at radius 1 is 1.13 bits per heavy atom. The Labute approximate surface area is 94.0 Å². The molecule has 0 aliphatic carbocycles.